The fourth-order valence-corrected chi connectivity index (χ4v) is 2.49. The first-order chi connectivity index (χ1) is 11.2. The van der Waals surface area contributed by atoms with E-state index in [4.69, 9.17) is 9.47 Å². The van der Waals surface area contributed by atoms with Crippen LogP contribution < -0.4 is 15.0 Å². The van der Waals surface area contributed by atoms with Gasteiger partial charge in [-0.3, -0.25) is 9.89 Å². The molecule has 0 saturated heterocycles. The highest BCUT2D eigenvalue weighted by molar-refractivity contribution is 5.83. The van der Waals surface area contributed by atoms with Crippen LogP contribution in [0.5, 0.6) is 11.5 Å². The van der Waals surface area contributed by atoms with Gasteiger partial charge in [-0.2, -0.15) is 5.10 Å². The molecule has 2 heterocycles. The third-order valence-corrected chi connectivity index (χ3v) is 3.89. The molecule has 1 fully saturated rings. The number of H-pyrrole nitrogens is 2. The van der Waals surface area contributed by atoms with Gasteiger partial charge in [0.15, 0.2) is 17.3 Å². The molecule has 1 aliphatic carbocycles. The molecule has 8 nitrogen and oxygen atoms in total. The van der Waals surface area contributed by atoms with E-state index < -0.39 is 0 Å². The number of rotatable bonds is 4. The van der Waals surface area contributed by atoms with Crippen LogP contribution in [0.25, 0.3) is 22.6 Å². The maximum Gasteiger partial charge on any atom is 0.259 e. The van der Waals surface area contributed by atoms with E-state index in [0.717, 1.165) is 18.7 Å². The molecular weight excluding hydrogens is 298 g/mol. The summed E-state index contributed by atoms with van der Waals surface area (Å²) in [5, 5.41) is 7.47. The minimum atomic E-state index is -0.274. The highest BCUT2D eigenvalue weighted by Crippen LogP contribution is 2.38. The second kappa shape index (κ2) is 5.08. The van der Waals surface area contributed by atoms with Gasteiger partial charge in [-0.1, -0.05) is 0 Å². The minimum absolute atomic E-state index is 0.274. The van der Waals surface area contributed by atoms with E-state index in [0.29, 0.717) is 40.0 Å². The second-order valence-corrected chi connectivity index (χ2v) is 5.46. The van der Waals surface area contributed by atoms with E-state index in [-0.39, 0.29) is 5.56 Å². The van der Waals surface area contributed by atoms with Crippen molar-refractivity contribution in [2.45, 2.75) is 18.8 Å². The Morgan fingerprint density at radius 2 is 1.87 bits per heavy atom. The molecule has 3 aromatic rings. The summed E-state index contributed by atoms with van der Waals surface area (Å²) in [5.74, 6) is 3.01. The van der Waals surface area contributed by atoms with Gasteiger partial charge in [0.2, 0.25) is 5.82 Å². The first kappa shape index (κ1) is 13.7. The Hall–Kier alpha value is -2.90. The SMILES string of the molecule is COc1cc2nc(-c3n[nH]c(C4CC4)n3)[nH]c(=O)c2cc1OC. The van der Waals surface area contributed by atoms with Crippen molar-refractivity contribution in [3.63, 3.8) is 0 Å². The molecule has 1 aliphatic rings. The van der Waals surface area contributed by atoms with Crippen LogP contribution in [-0.4, -0.2) is 39.4 Å². The topological polar surface area (TPSA) is 106 Å². The number of ether oxygens (including phenoxy) is 2. The van der Waals surface area contributed by atoms with E-state index >= 15 is 0 Å². The Morgan fingerprint density at radius 3 is 2.57 bits per heavy atom. The summed E-state index contributed by atoms with van der Waals surface area (Å²) in [6.07, 6.45) is 2.24. The van der Waals surface area contributed by atoms with Gasteiger partial charge in [-0.05, 0) is 18.9 Å². The minimum Gasteiger partial charge on any atom is -0.493 e. The van der Waals surface area contributed by atoms with Crippen molar-refractivity contribution in [3.05, 3.63) is 28.3 Å². The maximum atomic E-state index is 12.3. The maximum absolute atomic E-state index is 12.3. The third-order valence-electron chi connectivity index (χ3n) is 3.89. The lowest BCUT2D eigenvalue weighted by atomic mass is 10.2. The Kier molecular flexibility index (Phi) is 3.03. The summed E-state index contributed by atoms with van der Waals surface area (Å²) in [5.41, 5.74) is 0.225. The molecule has 0 unspecified atom stereocenters. The number of aromatic amines is 2. The lowest BCUT2D eigenvalue weighted by molar-refractivity contribution is 0.355. The highest BCUT2D eigenvalue weighted by atomic mass is 16.5. The number of hydrogen-bond donors (Lipinski definition) is 2. The molecule has 0 atom stereocenters. The molecule has 0 bridgehead atoms. The standard InChI is InChI=1S/C15H15N5O3/c1-22-10-5-8-9(6-11(10)23-2)16-13(18-15(8)21)14-17-12(19-20-14)7-3-4-7/h5-7H,3-4H2,1-2H3,(H,16,18,21)(H,17,19,20). The molecule has 1 aromatic carbocycles. The normalized spacial score (nSPS) is 14.2. The van der Waals surface area contributed by atoms with Crippen LogP contribution in [-0.2, 0) is 0 Å². The Bertz CT molecular complexity index is 942. The lowest BCUT2D eigenvalue weighted by Gasteiger charge is -2.08. The van der Waals surface area contributed by atoms with Gasteiger partial charge in [-0.25, -0.2) is 9.97 Å². The molecule has 0 amide bonds. The predicted octanol–water partition coefficient (Wildman–Crippen LogP) is 1.60. The van der Waals surface area contributed by atoms with Crippen LogP contribution in [0.2, 0.25) is 0 Å². The van der Waals surface area contributed by atoms with Gasteiger partial charge in [-0.15, -0.1) is 0 Å². The molecule has 4 rings (SSSR count). The molecule has 118 valence electrons. The van der Waals surface area contributed by atoms with Crippen molar-refractivity contribution < 1.29 is 9.47 Å². The largest absolute Gasteiger partial charge is 0.493 e. The smallest absolute Gasteiger partial charge is 0.259 e. The second-order valence-electron chi connectivity index (χ2n) is 5.46. The number of fused-ring (bicyclic) bond motifs is 1. The monoisotopic (exact) mass is 313 g/mol. The van der Waals surface area contributed by atoms with E-state index in [9.17, 15) is 4.79 Å². The van der Waals surface area contributed by atoms with Gasteiger partial charge in [0.1, 0.15) is 5.82 Å². The first-order valence-corrected chi connectivity index (χ1v) is 7.28. The Morgan fingerprint density at radius 1 is 1.13 bits per heavy atom. The van der Waals surface area contributed by atoms with Crippen LogP contribution in [0.4, 0.5) is 0 Å². The van der Waals surface area contributed by atoms with Crippen molar-refractivity contribution in [3.8, 4) is 23.1 Å². The summed E-state index contributed by atoms with van der Waals surface area (Å²) in [6.45, 7) is 0. The van der Waals surface area contributed by atoms with Gasteiger partial charge >= 0.3 is 0 Å². The van der Waals surface area contributed by atoms with Crippen LogP contribution >= 0.6 is 0 Å². The fraction of sp³-hybridized carbons (Fsp3) is 0.333. The number of hydrogen-bond acceptors (Lipinski definition) is 6. The lowest BCUT2D eigenvalue weighted by Crippen LogP contribution is -2.10. The van der Waals surface area contributed by atoms with E-state index in [1.807, 2.05) is 0 Å². The molecule has 0 spiro atoms. The number of aromatic nitrogens is 5. The van der Waals surface area contributed by atoms with Crippen LogP contribution in [0, 0.1) is 0 Å². The van der Waals surface area contributed by atoms with Gasteiger partial charge in [0.25, 0.3) is 5.56 Å². The van der Waals surface area contributed by atoms with Crippen molar-refractivity contribution in [2.75, 3.05) is 14.2 Å². The zero-order valence-corrected chi connectivity index (χ0v) is 12.7. The summed E-state index contributed by atoms with van der Waals surface area (Å²) in [7, 11) is 3.06. The average Bonchev–Trinajstić information content (AvgIpc) is 3.30. The highest BCUT2D eigenvalue weighted by Gasteiger charge is 2.27. The van der Waals surface area contributed by atoms with Crippen molar-refractivity contribution in [2.24, 2.45) is 0 Å². The average molecular weight is 313 g/mol. The Labute approximate surface area is 130 Å². The molecule has 2 N–H and O–H groups in total. The third kappa shape index (κ3) is 2.32. The molecule has 8 heteroatoms. The quantitative estimate of drug-likeness (QED) is 0.758. The molecule has 0 radical (unpaired) electrons. The number of benzene rings is 1. The molecule has 1 saturated carbocycles. The molecule has 0 aliphatic heterocycles. The van der Waals surface area contributed by atoms with Crippen LogP contribution in [0.1, 0.15) is 24.6 Å². The summed E-state index contributed by atoms with van der Waals surface area (Å²) < 4.78 is 10.5. The van der Waals surface area contributed by atoms with E-state index in [1.165, 1.54) is 14.2 Å². The number of nitrogens with one attached hydrogen (secondary N) is 2. The fourth-order valence-electron chi connectivity index (χ4n) is 2.49. The Balaban J connectivity index is 1.86. The van der Waals surface area contributed by atoms with Crippen LogP contribution in [0.3, 0.4) is 0 Å². The zero-order chi connectivity index (χ0) is 16.0. The first-order valence-electron chi connectivity index (χ1n) is 7.28. The van der Waals surface area contributed by atoms with E-state index in [1.54, 1.807) is 12.1 Å². The summed E-state index contributed by atoms with van der Waals surface area (Å²) >= 11 is 0. The summed E-state index contributed by atoms with van der Waals surface area (Å²) in [6, 6.07) is 3.28. The van der Waals surface area contributed by atoms with Crippen molar-refractivity contribution in [1.82, 2.24) is 25.1 Å². The zero-order valence-electron chi connectivity index (χ0n) is 12.7. The predicted molar refractivity (Wildman–Crippen MR) is 82.8 cm³/mol. The number of methoxy groups -OCH3 is 2. The number of nitrogens with zero attached hydrogens (tertiary/aromatic N) is 3. The van der Waals surface area contributed by atoms with Crippen molar-refractivity contribution in [1.29, 1.82) is 0 Å². The molecule has 23 heavy (non-hydrogen) atoms. The summed E-state index contributed by atoms with van der Waals surface area (Å²) in [4.78, 5) is 23.9. The van der Waals surface area contributed by atoms with Crippen LogP contribution in [0.15, 0.2) is 16.9 Å². The van der Waals surface area contributed by atoms with E-state index in [2.05, 4.69) is 25.1 Å². The van der Waals surface area contributed by atoms with Crippen molar-refractivity contribution >= 4 is 10.9 Å². The molecule has 2 aromatic heterocycles. The van der Waals surface area contributed by atoms with Gasteiger partial charge in [0, 0.05) is 12.0 Å². The van der Waals surface area contributed by atoms with Gasteiger partial charge in [0.05, 0.1) is 25.1 Å². The molecular formula is C15H15N5O3. The van der Waals surface area contributed by atoms with Gasteiger partial charge < -0.3 is 14.5 Å².